The average Bonchev–Trinajstić information content (AvgIpc) is 2.98. The molecular weight excluding hydrogens is 304 g/mol. The number of ether oxygens (including phenoxy) is 1. The highest BCUT2D eigenvalue weighted by Gasteiger charge is 2.51. The number of hydrogen-bond donors (Lipinski definition) is 1. The van der Waals surface area contributed by atoms with Gasteiger partial charge in [-0.05, 0) is 51.7 Å². The van der Waals surface area contributed by atoms with Gasteiger partial charge in [-0.25, -0.2) is 0 Å². The van der Waals surface area contributed by atoms with Crippen molar-refractivity contribution in [3.63, 3.8) is 0 Å². The van der Waals surface area contributed by atoms with Crippen LogP contribution < -0.4 is 0 Å². The third-order valence-electron chi connectivity index (χ3n) is 5.20. The lowest BCUT2D eigenvalue weighted by molar-refractivity contribution is 0.0417. The van der Waals surface area contributed by atoms with E-state index in [2.05, 4.69) is 15.3 Å². The summed E-state index contributed by atoms with van der Waals surface area (Å²) in [5, 5.41) is 18.8. The maximum absolute atomic E-state index is 10.1. The minimum absolute atomic E-state index is 0.262. The first-order valence-corrected chi connectivity index (χ1v) is 8.67. The molecule has 1 saturated carbocycles. The summed E-state index contributed by atoms with van der Waals surface area (Å²) in [5.74, 6) is 0. The van der Waals surface area contributed by atoms with Crippen LogP contribution in [-0.2, 0) is 16.9 Å². The molecule has 2 aromatic heterocycles. The van der Waals surface area contributed by atoms with Crippen LogP contribution in [0, 0.1) is 5.41 Å². The lowest BCUT2D eigenvalue weighted by Gasteiger charge is -2.21. The van der Waals surface area contributed by atoms with Crippen LogP contribution in [0.25, 0.3) is 11.3 Å². The van der Waals surface area contributed by atoms with Crippen molar-refractivity contribution >= 4 is 0 Å². The van der Waals surface area contributed by atoms with E-state index >= 15 is 0 Å². The quantitative estimate of drug-likeness (QED) is 0.913. The van der Waals surface area contributed by atoms with Gasteiger partial charge in [0.1, 0.15) is 11.3 Å². The zero-order valence-corrected chi connectivity index (χ0v) is 14.3. The van der Waals surface area contributed by atoms with Gasteiger partial charge in [-0.3, -0.25) is 9.67 Å². The highest BCUT2D eigenvalue weighted by atomic mass is 16.5. The molecule has 3 heterocycles. The smallest absolute Gasteiger partial charge is 0.113 e. The van der Waals surface area contributed by atoms with E-state index in [-0.39, 0.29) is 5.41 Å². The zero-order chi connectivity index (χ0) is 16.8. The molecule has 2 aliphatic rings. The summed E-state index contributed by atoms with van der Waals surface area (Å²) in [7, 11) is 0. The average molecular weight is 328 g/mol. The Balaban J connectivity index is 1.53. The van der Waals surface area contributed by atoms with Crippen LogP contribution in [-0.4, -0.2) is 37.8 Å². The van der Waals surface area contributed by atoms with E-state index < -0.39 is 5.60 Å². The fourth-order valence-electron chi connectivity index (χ4n) is 3.56. The number of aromatic nitrogens is 4. The molecule has 2 fully saturated rings. The predicted molar refractivity (Wildman–Crippen MR) is 89.1 cm³/mol. The second-order valence-corrected chi connectivity index (χ2v) is 7.65. The van der Waals surface area contributed by atoms with E-state index in [0.717, 1.165) is 24.4 Å². The molecule has 4 rings (SSSR count). The van der Waals surface area contributed by atoms with Crippen molar-refractivity contribution in [1.29, 1.82) is 0 Å². The fraction of sp³-hybridized carbons (Fsp3) is 0.611. The van der Waals surface area contributed by atoms with Crippen LogP contribution in [0.2, 0.25) is 0 Å². The van der Waals surface area contributed by atoms with E-state index in [9.17, 15) is 5.11 Å². The summed E-state index contributed by atoms with van der Waals surface area (Å²) in [4.78, 5) is 4.24. The van der Waals surface area contributed by atoms with Gasteiger partial charge in [-0.15, -0.1) is 5.10 Å². The van der Waals surface area contributed by atoms with Gasteiger partial charge >= 0.3 is 0 Å². The largest absolute Gasteiger partial charge is 0.384 e. The Labute approximate surface area is 141 Å². The van der Waals surface area contributed by atoms with Crippen molar-refractivity contribution in [1.82, 2.24) is 20.0 Å². The second kappa shape index (κ2) is 5.63. The zero-order valence-electron chi connectivity index (χ0n) is 14.3. The van der Waals surface area contributed by atoms with Crippen LogP contribution in [0.4, 0.5) is 0 Å². The first kappa shape index (κ1) is 15.7. The Morgan fingerprint density at radius 1 is 1.42 bits per heavy atom. The number of hydrogen-bond acceptors (Lipinski definition) is 5. The van der Waals surface area contributed by atoms with Gasteiger partial charge in [0.2, 0.25) is 0 Å². The molecule has 6 heteroatoms. The molecule has 1 unspecified atom stereocenters. The summed E-state index contributed by atoms with van der Waals surface area (Å²) in [6.45, 7) is 5.22. The number of pyridine rings is 1. The molecular formula is C18H24N4O2. The number of rotatable bonds is 5. The van der Waals surface area contributed by atoms with Crippen LogP contribution >= 0.6 is 0 Å². The Bertz CT molecular complexity index is 725. The van der Waals surface area contributed by atoms with E-state index in [1.165, 1.54) is 25.7 Å². The number of aliphatic hydroxyl groups is 1. The third kappa shape index (κ3) is 2.96. The van der Waals surface area contributed by atoms with Gasteiger partial charge in [0, 0.05) is 23.8 Å². The molecule has 0 spiro atoms. The van der Waals surface area contributed by atoms with Gasteiger partial charge in [0.25, 0.3) is 0 Å². The van der Waals surface area contributed by atoms with E-state index in [1.807, 2.05) is 23.0 Å². The van der Waals surface area contributed by atoms with Gasteiger partial charge in [0.05, 0.1) is 24.5 Å². The van der Waals surface area contributed by atoms with Crippen molar-refractivity contribution < 1.29 is 9.84 Å². The topological polar surface area (TPSA) is 73.1 Å². The van der Waals surface area contributed by atoms with Crippen molar-refractivity contribution in [3.8, 4) is 11.3 Å². The van der Waals surface area contributed by atoms with Gasteiger partial charge in [-0.1, -0.05) is 5.21 Å². The van der Waals surface area contributed by atoms with E-state index in [0.29, 0.717) is 11.8 Å². The standard InChI is InChI=1S/C18H24N4O2/c1-17(2,23)15-10-13(5-8-19-15)14-11-22(21-20-14)12-18(6-7-18)16-4-3-9-24-16/h5,8,10-11,16,23H,3-4,6-7,9,12H2,1-2H3. The van der Waals surface area contributed by atoms with Crippen LogP contribution in [0.3, 0.4) is 0 Å². The molecule has 0 amide bonds. The molecule has 2 aromatic rings. The molecule has 1 atom stereocenters. The van der Waals surface area contributed by atoms with Crippen LogP contribution in [0.15, 0.2) is 24.5 Å². The molecule has 1 aliphatic carbocycles. The molecule has 6 nitrogen and oxygen atoms in total. The molecule has 1 N–H and O–H groups in total. The molecule has 1 aliphatic heterocycles. The van der Waals surface area contributed by atoms with Crippen molar-refractivity contribution in [3.05, 3.63) is 30.2 Å². The van der Waals surface area contributed by atoms with E-state index in [1.54, 1.807) is 20.0 Å². The third-order valence-corrected chi connectivity index (χ3v) is 5.20. The predicted octanol–water partition coefficient (Wildman–Crippen LogP) is 2.53. The van der Waals surface area contributed by atoms with Gasteiger partial charge < -0.3 is 9.84 Å². The second-order valence-electron chi connectivity index (χ2n) is 7.65. The maximum atomic E-state index is 10.1. The monoisotopic (exact) mass is 328 g/mol. The lowest BCUT2D eigenvalue weighted by Crippen LogP contribution is -2.26. The minimum atomic E-state index is -0.968. The SMILES string of the molecule is CC(C)(O)c1cc(-c2cn(CC3(C4CCCO4)CC3)nn2)ccn1. The fourth-order valence-corrected chi connectivity index (χ4v) is 3.56. The molecule has 128 valence electrons. The number of nitrogens with zero attached hydrogens (tertiary/aromatic N) is 4. The minimum Gasteiger partial charge on any atom is -0.384 e. The normalized spacial score (nSPS) is 22.7. The molecule has 1 saturated heterocycles. The Morgan fingerprint density at radius 3 is 2.92 bits per heavy atom. The summed E-state index contributed by atoms with van der Waals surface area (Å²) in [5.41, 5.74) is 1.66. The maximum Gasteiger partial charge on any atom is 0.113 e. The lowest BCUT2D eigenvalue weighted by atomic mass is 9.97. The first-order chi connectivity index (χ1) is 11.5. The first-order valence-electron chi connectivity index (χ1n) is 8.67. The summed E-state index contributed by atoms with van der Waals surface area (Å²) in [6.07, 6.45) is 8.84. The van der Waals surface area contributed by atoms with Gasteiger partial charge in [-0.2, -0.15) is 0 Å². The molecule has 0 radical (unpaired) electrons. The van der Waals surface area contributed by atoms with Crippen LogP contribution in [0.5, 0.6) is 0 Å². The highest BCUT2D eigenvalue weighted by molar-refractivity contribution is 5.57. The molecule has 24 heavy (non-hydrogen) atoms. The highest BCUT2D eigenvalue weighted by Crippen LogP contribution is 2.53. The summed E-state index contributed by atoms with van der Waals surface area (Å²) in [6, 6.07) is 3.78. The Morgan fingerprint density at radius 2 is 2.25 bits per heavy atom. The molecule has 0 bridgehead atoms. The van der Waals surface area contributed by atoms with E-state index in [4.69, 9.17) is 4.74 Å². The van der Waals surface area contributed by atoms with Crippen molar-refractivity contribution in [2.45, 2.75) is 57.8 Å². The van der Waals surface area contributed by atoms with Crippen molar-refractivity contribution in [2.75, 3.05) is 6.61 Å². The van der Waals surface area contributed by atoms with Gasteiger partial charge in [0.15, 0.2) is 0 Å². The van der Waals surface area contributed by atoms with Crippen LogP contribution in [0.1, 0.15) is 45.2 Å². The summed E-state index contributed by atoms with van der Waals surface area (Å²) < 4.78 is 7.84. The Hall–Kier alpha value is -1.79. The van der Waals surface area contributed by atoms with Crippen molar-refractivity contribution in [2.24, 2.45) is 5.41 Å². The molecule has 0 aromatic carbocycles. The Kier molecular flexibility index (Phi) is 3.69. The summed E-state index contributed by atoms with van der Waals surface area (Å²) >= 11 is 0.